The summed E-state index contributed by atoms with van der Waals surface area (Å²) in [5.41, 5.74) is 6.56. The Morgan fingerprint density at radius 3 is 2.29 bits per heavy atom. The number of nitrogens with zero attached hydrogens (tertiary/aromatic N) is 2. The Morgan fingerprint density at radius 1 is 1.19 bits per heavy atom. The molecule has 0 unspecified atom stereocenters. The van der Waals surface area contributed by atoms with E-state index in [-0.39, 0.29) is 0 Å². The summed E-state index contributed by atoms with van der Waals surface area (Å²) in [7, 11) is 0. The number of allylic oxidation sites excluding steroid dienone is 1. The second-order valence-corrected chi connectivity index (χ2v) is 7.98. The first-order chi connectivity index (χ1) is 14.7. The standard InChI is InChI=1S/C10H14ClN.C9H11N.C8H7N/c1-5-8-10(11)9(6(2)3)7(4)12-8;1-8(2)6-9-4-3-5-10-7-9;1-7-3-2-4-8(5-7)6-9/h12H,4-5H2,1-3H3;3-5,7H,1,6H2,2H3;2-5H,1H3. The number of aromatic nitrogens is 2. The van der Waals surface area contributed by atoms with Crippen molar-refractivity contribution in [3.63, 3.8) is 0 Å². The maximum atomic E-state index is 8.41. The van der Waals surface area contributed by atoms with Crippen molar-refractivity contribution < 1.29 is 0 Å². The van der Waals surface area contributed by atoms with Gasteiger partial charge >= 0.3 is 0 Å². The van der Waals surface area contributed by atoms with Gasteiger partial charge < -0.3 is 4.98 Å². The topological polar surface area (TPSA) is 52.5 Å². The van der Waals surface area contributed by atoms with Crippen molar-refractivity contribution in [3.05, 3.63) is 98.9 Å². The Morgan fingerprint density at radius 2 is 1.90 bits per heavy atom. The van der Waals surface area contributed by atoms with Gasteiger partial charge in [-0.15, -0.1) is 0 Å². The molecule has 0 atom stereocenters. The number of halogens is 1. The molecule has 0 spiro atoms. The number of hydrogen-bond acceptors (Lipinski definition) is 2. The van der Waals surface area contributed by atoms with Gasteiger partial charge in [-0.25, -0.2) is 0 Å². The second-order valence-electron chi connectivity index (χ2n) is 7.60. The first-order valence-corrected chi connectivity index (χ1v) is 10.6. The predicted molar refractivity (Wildman–Crippen MR) is 133 cm³/mol. The molecule has 0 bridgehead atoms. The molecule has 1 aromatic carbocycles. The Labute approximate surface area is 191 Å². The van der Waals surface area contributed by atoms with Crippen molar-refractivity contribution in [2.75, 3.05) is 0 Å². The molecule has 31 heavy (non-hydrogen) atoms. The fraction of sp³-hybridized carbons (Fsp3) is 0.259. The lowest BCUT2D eigenvalue weighted by Gasteiger charge is -1.96. The average molecular weight is 434 g/mol. The van der Waals surface area contributed by atoms with Crippen LogP contribution in [0.1, 0.15) is 50.1 Å². The molecule has 3 nitrogen and oxygen atoms in total. The van der Waals surface area contributed by atoms with E-state index in [1.54, 1.807) is 12.3 Å². The molecule has 0 aliphatic heterocycles. The summed E-state index contributed by atoms with van der Waals surface area (Å²) in [6.07, 6.45) is 5.51. The number of hydrogen-bond donors (Lipinski definition) is 1. The highest BCUT2D eigenvalue weighted by atomic mass is 35.5. The maximum Gasteiger partial charge on any atom is 0.0991 e. The van der Waals surface area contributed by atoms with Crippen LogP contribution < -0.4 is 10.6 Å². The smallest absolute Gasteiger partial charge is 0.0991 e. The van der Waals surface area contributed by atoms with Gasteiger partial charge in [0.1, 0.15) is 0 Å². The third-order valence-electron chi connectivity index (χ3n) is 4.32. The molecule has 0 radical (unpaired) electrons. The molecule has 0 saturated heterocycles. The summed E-state index contributed by atoms with van der Waals surface area (Å²) >= 11 is 6.13. The van der Waals surface area contributed by atoms with Crippen LogP contribution in [0.4, 0.5) is 0 Å². The first kappa shape index (κ1) is 25.9. The van der Waals surface area contributed by atoms with E-state index in [0.29, 0.717) is 0 Å². The van der Waals surface area contributed by atoms with E-state index in [1.807, 2.05) is 58.2 Å². The number of nitriles is 1. The van der Waals surface area contributed by atoms with Gasteiger partial charge in [0.05, 0.1) is 16.7 Å². The average Bonchev–Trinajstić information content (AvgIpc) is 3.02. The van der Waals surface area contributed by atoms with Gasteiger partial charge in [-0.1, -0.05) is 61.0 Å². The van der Waals surface area contributed by atoms with E-state index >= 15 is 0 Å². The minimum absolute atomic E-state index is 0.731. The van der Waals surface area contributed by atoms with Gasteiger partial charge in [0.25, 0.3) is 0 Å². The summed E-state index contributed by atoms with van der Waals surface area (Å²) < 4.78 is 0. The zero-order chi connectivity index (χ0) is 23.4. The number of rotatable bonds is 3. The molecule has 0 aliphatic rings. The van der Waals surface area contributed by atoms with Crippen LogP contribution in [0.3, 0.4) is 0 Å². The largest absolute Gasteiger partial charge is 0.358 e. The molecular formula is C27H32ClN3. The van der Waals surface area contributed by atoms with E-state index in [0.717, 1.165) is 45.3 Å². The van der Waals surface area contributed by atoms with Gasteiger partial charge in [-0.2, -0.15) is 5.26 Å². The highest BCUT2D eigenvalue weighted by Gasteiger charge is 2.03. The van der Waals surface area contributed by atoms with Crippen molar-refractivity contribution in [3.8, 4) is 6.07 Å². The number of aromatic amines is 1. The lowest BCUT2D eigenvalue weighted by molar-refractivity contribution is 1.05. The van der Waals surface area contributed by atoms with Crippen molar-refractivity contribution in [2.24, 2.45) is 0 Å². The van der Waals surface area contributed by atoms with E-state index in [4.69, 9.17) is 16.9 Å². The zero-order valence-electron chi connectivity index (χ0n) is 19.2. The number of benzene rings is 1. The Balaban J connectivity index is 0.000000235. The number of aryl methyl sites for hydroxylation is 2. The van der Waals surface area contributed by atoms with Crippen molar-refractivity contribution in [1.29, 1.82) is 5.26 Å². The van der Waals surface area contributed by atoms with Gasteiger partial charge in [0, 0.05) is 28.7 Å². The van der Waals surface area contributed by atoms with E-state index in [1.165, 1.54) is 16.7 Å². The van der Waals surface area contributed by atoms with Crippen LogP contribution in [0.2, 0.25) is 5.02 Å². The van der Waals surface area contributed by atoms with E-state index < -0.39 is 0 Å². The van der Waals surface area contributed by atoms with Gasteiger partial charge in [-0.3, -0.25) is 4.98 Å². The molecule has 0 aliphatic carbocycles. The van der Waals surface area contributed by atoms with Crippen molar-refractivity contribution in [1.82, 2.24) is 9.97 Å². The summed E-state index contributed by atoms with van der Waals surface area (Å²) in [4.78, 5) is 7.18. The quantitative estimate of drug-likeness (QED) is 0.523. The van der Waals surface area contributed by atoms with Crippen LogP contribution in [-0.2, 0) is 12.8 Å². The molecule has 1 N–H and O–H groups in total. The lowest BCUT2D eigenvalue weighted by Crippen LogP contribution is -2.22. The molecule has 0 saturated carbocycles. The molecule has 162 valence electrons. The lowest BCUT2D eigenvalue weighted by atomic mass is 10.1. The molecule has 2 aromatic heterocycles. The molecule has 3 aromatic rings. The monoisotopic (exact) mass is 433 g/mol. The van der Waals surface area contributed by atoms with Crippen LogP contribution in [-0.4, -0.2) is 9.97 Å². The fourth-order valence-corrected chi connectivity index (χ4v) is 3.40. The van der Waals surface area contributed by atoms with E-state index in [2.05, 4.69) is 42.2 Å². The highest BCUT2D eigenvalue weighted by Crippen LogP contribution is 2.07. The number of H-pyrrole nitrogens is 1. The van der Waals surface area contributed by atoms with Crippen LogP contribution in [0.5, 0.6) is 0 Å². The summed E-state index contributed by atoms with van der Waals surface area (Å²) in [6.45, 7) is 17.9. The van der Waals surface area contributed by atoms with Crippen LogP contribution in [0.15, 0.2) is 60.9 Å². The summed E-state index contributed by atoms with van der Waals surface area (Å²) in [6, 6.07) is 13.6. The van der Waals surface area contributed by atoms with Gasteiger partial charge in [0.15, 0.2) is 0 Å². The van der Waals surface area contributed by atoms with Crippen LogP contribution in [0.25, 0.3) is 12.2 Å². The maximum absolute atomic E-state index is 8.41. The Bertz CT molecular complexity index is 1130. The van der Waals surface area contributed by atoms with Gasteiger partial charge in [0.2, 0.25) is 0 Å². The van der Waals surface area contributed by atoms with Crippen molar-refractivity contribution >= 4 is 23.8 Å². The predicted octanol–water partition coefficient (Wildman–Crippen LogP) is 5.90. The normalized spacial score (nSPS) is 9.45. The molecule has 0 amide bonds. The highest BCUT2D eigenvalue weighted by molar-refractivity contribution is 6.31. The summed E-state index contributed by atoms with van der Waals surface area (Å²) in [5.74, 6) is 0. The second kappa shape index (κ2) is 13.3. The first-order valence-electron chi connectivity index (χ1n) is 10.2. The van der Waals surface area contributed by atoms with E-state index in [9.17, 15) is 0 Å². The fourth-order valence-electron chi connectivity index (χ4n) is 2.91. The molecule has 2 heterocycles. The molecule has 3 rings (SSSR count). The summed E-state index contributed by atoms with van der Waals surface area (Å²) in [5, 5.41) is 11.3. The minimum Gasteiger partial charge on any atom is -0.358 e. The molecule has 0 fully saturated rings. The SMILES string of the molecule is C=C(C)Cc1cccnc1.C=c1[nH]c(CC)c(Cl)c1=C(C)C.Cc1cccc(C#N)c1. The van der Waals surface area contributed by atoms with Crippen LogP contribution >= 0.6 is 11.6 Å². The molecule has 4 heteroatoms. The Kier molecular flexibility index (Phi) is 11.1. The van der Waals surface area contributed by atoms with Crippen LogP contribution in [0, 0.1) is 18.3 Å². The number of nitrogens with one attached hydrogen (secondary N) is 1. The Hall–Kier alpha value is -3.09. The minimum atomic E-state index is 0.731. The third-order valence-corrected chi connectivity index (χ3v) is 4.73. The third kappa shape index (κ3) is 9.07. The number of pyridine rings is 1. The zero-order valence-corrected chi connectivity index (χ0v) is 20.0. The molecular weight excluding hydrogens is 402 g/mol. The van der Waals surface area contributed by atoms with Gasteiger partial charge in [-0.05, 0) is 69.9 Å². The van der Waals surface area contributed by atoms with Crippen molar-refractivity contribution in [2.45, 2.75) is 47.5 Å².